The zero-order chi connectivity index (χ0) is 14.4. The second kappa shape index (κ2) is 4.44. The van der Waals surface area contributed by atoms with Gasteiger partial charge in [0, 0.05) is 0 Å². The summed E-state index contributed by atoms with van der Waals surface area (Å²) in [6, 6.07) is -0.952. The van der Waals surface area contributed by atoms with Crippen LogP contribution in [0.2, 0.25) is 0 Å². The minimum absolute atomic E-state index is 0.0482. The number of nitrogens with two attached hydrogens (primary N) is 1. The Hall–Kier alpha value is -2.17. The lowest BCUT2D eigenvalue weighted by Crippen LogP contribution is -2.63. The van der Waals surface area contributed by atoms with Crippen molar-refractivity contribution in [1.82, 2.24) is 9.97 Å². The van der Waals surface area contributed by atoms with Crippen molar-refractivity contribution in [1.29, 1.82) is 0 Å². The van der Waals surface area contributed by atoms with Crippen molar-refractivity contribution >= 4 is 23.2 Å². The van der Waals surface area contributed by atoms with E-state index in [9.17, 15) is 14.7 Å². The average Bonchev–Trinajstić information content (AvgIpc) is 2.41. The van der Waals surface area contributed by atoms with Gasteiger partial charge in [0.2, 0.25) is 5.95 Å². The van der Waals surface area contributed by atoms with Crippen molar-refractivity contribution in [3.63, 3.8) is 0 Å². The molecule has 0 aliphatic carbocycles. The van der Waals surface area contributed by atoms with Gasteiger partial charge in [0.15, 0.2) is 17.8 Å². The summed E-state index contributed by atoms with van der Waals surface area (Å²) in [6.45, 7) is -0.504. The summed E-state index contributed by atoms with van der Waals surface area (Å²) in [6.07, 6.45) is -3.35. The second-order valence-corrected chi connectivity index (χ2v) is 4.57. The number of hydrogen-bond acceptors (Lipinski definition) is 9. The monoisotopic (exact) mass is 283 g/mol. The number of H-pyrrole nitrogens is 1. The molecule has 0 saturated carbocycles. The minimum Gasteiger partial charge on any atom is -0.394 e. The zero-order valence-electron chi connectivity index (χ0n) is 10.2. The summed E-state index contributed by atoms with van der Waals surface area (Å²) < 4.78 is 5.37. The lowest BCUT2D eigenvalue weighted by molar-refractivity contribution is -0.162. The van der Waals surface area contributed by atoms with Gasteiger partial charge in [0.1, 0.15) is 23.9 Å². The van der Waals surface area contributed by atoms with Gasteiger partial charge in [-0.3, -0.25) is 14.6 Å². The molecule has 10 heteroatoms. The first-order valence-corrected chi connectivity index (χ1v) is 5.92. The normalized spacial score (nSPS) is 31.8. The number of ether oxygens (including phenoxy) is 1. The SMILES string of the molecule is Nc1nc2c(c(=O)[nH]1)NC1C(=O)C(O)C(CO)OC1N2. The highest BCUT2D eigenvalue weighted by Gasteiger charge is 2.46. The smallest absolute Gasteiger partial charge is 0.277 e. The van der Waals surface area contributed by atoms with Crippen molar-refractivity contribution in [3.05, 3.63) is 10.4 Å². The number of aromatic nitrogens is 2. The first-order valence-electron chi connectivity index (χ1n) is 5.92. The highest BCUT2D eigenvalue weighted by molar-refractivity contribution is 5.94. The van der Waals surface area contributed by atoms with Gasteiger partial charge in [-0.05, 0) is 0 Å². The van der Waals surface area contributed by atoms with E-state index in [2.05, 4.69) is 20.6 Å². The van der Waals surface area contributed by atoms with Crippen LogP contribution in [0.1, 0.15) is 0 Å². The van der Waals surface area contributed by atoms with E-state index in [1.807, 2.05) is 0 Å². The van der Waals surface area contributed by atoms with Crippen LogP contribution < -0.4 is 21.9 Å². The van der Waals surface area contributed by atoms with Gasteiger partial charge in [0.25, 0.3) is 5.56 Å². The molecule has 0 spiro atoms. The zero-order valence-corrected chi connectivity index (χ0v) is 10.2. The van der Waals surface area contributed by atoms with Crippen LogP contribution in [0.4, 0.5) is 17.5 Å². The molecule has 2 aliphatic rings. The predicted molar refractivity (Wildman–Crippen MR) is 67.1 cm³/mol. The number of nitrogens with one attached hydrogen (secondary N) is 3. The summed E-state index contributed by atoms with van der Waals surface area (Å²) in [5.74, 6) is -0.509. The van der Waals surface area contributed by atoms with Gasteiger partial charge in [0.05, 0.1) is 6.61 Å². The van der Waals surface area contributed by atoms with Gasteiger partial charge < -0.3 is 31.3 Å². The predicted octanol–water partition coefficient (Wildman–Crippen LogP) is -2.79. The number of carbonyl (C=O) groups is 1. The number of hydrogen-bond donors (Lipinski definition) is 6. The molecule has 20 heavy (non-hydrogen) atoms. The topological polar surface area (TPSA) is 163 Å². The molecule has 0 aromatic carbocycles. The van der Waals surface area contributed by atoms with Gasteiger partial charge in [-0.15, -0.1) is 0 Å². The molecule has 4 atom stereocenters. The Morgan fingerprint density at radius 3 is 2.80 bits per heavy atom. The Labute approximate surface area is 112 Å². The minimum atomic E-state index is -1.46. The highest BCUT2D eigenvalue weighted by Crippen LogP contribution is 2.29. The van der Waals surface area contributed by atoms with Crippen molar-refractivity contribution < 1.29 is 19.7 Å². The number of fused-ring (bicyclic) bond motifs is 2. The van der Waals surface area contributed by atoms with Gasteiger partial charge in [-0.1, -0.05) is 0 Å². The van der Waals surface area contributed by atoms with Gasteiger partial charge in [-0.2, -0.15) is 4.98 Å². The van der Waals surface area contributed by atoms with Crippen LogP contribution >= 0.6 is 0 Å². The molecule has 3 rings (SSSR count). The second-order valence-electron chi connectivity index (χ2n) is 4.57. The molecule has 10 nitrogen and oxygen atoms in total. The van der Waals surface area contributed by atoms with E-state index in [1.54, 1.807) is 0 Å². The van der Waals surface area contributed by atoms with E-state index in [1.165, 1.54) is 0 Å². The Balaban J connectivity index is 1.98. The first-order chi connectivity index (χ1) is 9.51. The number of carbonyl (C=O) groups excluding carboxylic acids is 1. The van der Waals surface area contributed by atoms with Crippen LogP contribution in [0.25, 0.3) is 0 Å². The summed E-state index contributed by atoms with van der Waals surface area (Å²) in [5.41, 5.74) is 4.94. The van der Waals surface area contributed by atoms with Crippen LogP contribution in [-0.4, -0.2) is 57.0 Å². The summed E-state index contributed by atoms with van der Waals surface area (Å²) in [5, 5.41) is 24.2. The third-order valence-electron chi connectivity index (χ3n) is 3.27. The van der Waals surface area contributed by atoms with Crippen LogP contribution in [0.5, 0.6) is 0 Å². The maximum Gasteiger partial charge on any atom is 0.277 e. The van der Waals surface area contributed by atoms with E-state index in [-0.39, 0.29) is 17.5 Å². The van der Waals surface area contributed by atoms with E-state index in [0.717, 1.165) is 0 Å². The van der Waals surface area contributed by atoms with Crippen LogP contribution in [-0.2, 0) is 9.53 Å². The van der Waals surface area contributed by atoms with Crippen LogP contribution in [0.15, 0.2) is 4.79 Å². The van der Waals surface area contributed by atoms with Gasteiger partial charge in [-0.25, -0.2) is 0 Å². The van der Waals surface area contributed by atoms with E-state index < -0.39 is 42.4 Å². The lowest BCUT2D eigenvalue weighted by atomic mass is 9.96. The first kappa shape index (κ1) is 12.8. The molecule has 0 amide bonds. The number of rotatable bonds is 1. The number of aromatic amines is 1. The average molecular weight is 283 g/mol. The third kappa shape index (κ3) is 1.81. The van der Waals surface area contributed by atoms with Crippen molar-refractivity contribution in [2.24, 2.45) is 0 Å². The molecule has 2 aliphatic heterocycles. The van der Waals surface area contributed by atoms with E-state index in [0.29, 0.717) is 0 Å². The summed E-state index contributed by atoms with van der Waals surface area (Å²) in [7, 11) is 0. The highest BCUT2D eigenvalue weighted by atomic mass is 16.5. The maximum atomic E-state index is 12.0. The van der Waals surface area contributed by atoms with E-state index in [4.69, 9.17) is 15.6 Å². The van der Waals surface area contributed by atoms with Crippen molar-refractivity contribution in [3.8, 4) is 0 Å². The van der Waals surface area contributed by atoms with E-state index >= 15 is 0 Å². The molecule has 1 aromatic rings. The molecule has 7 N–H and O–H groups in total. The Bertz CT molecular complexity index is 617. The molecule has 1 aromatic heterocycles. The Morgan fingerprint density at radius 1 is 1.35 bits per heavy atom. The van der Waals surface area contributed by atoms with Crippen LogP contribution in [0.3, 0.4) is 0 Å². The number of ketones is 1. The molecule has 0 bridgehead atoms. The van der Waals surface area contributed by atoms with Crippen LogP contribution in [0, 0.1) is 0 Å². The maximum absolute atomic E-state index is 12.0. The Morgan fingerprint density at radius 2 is 2.10 bits per heavy atom. The van der Waals surface area contributed by atoms with Crippen molar-refractivity contribution in [2.45, 2.75) is 24.5 Å². The molecule has 3 heterocycles. The fourth-order valence-corrected chi connectivity index (χ4v) is 2.28. The molecule has 1 fully saturated rings. The largest absolute Gasteiger partial charge is 0.394 e. The summed E-state index contributed by atoms with van der Waals surface area (Å²) in [4.78, 5) is 29.9. The number of nitrogen functional groups attached to an aromatic ring is 1. The van der Waals surface area contributed by atoms with Gasteiger partial charge >= 0.3 is 0 Å². The summed E-state index contributed by atoms with van der Waals surface area (Å²) >= 11 is 0. The number of anilines is 3. The molecule has 108 valence electrons. The molecular weight excluding hydrogens is 270 g/mol. The molecule has 4 unspecified atom stereocenters. The third-order valence-corrected chi connectivity index (χ3v) is 3.27. The molecule has 0 radical (unpaired) electrons. The van der Waals surface area contributed by atoms with Crippen molar-refractivity contribution in [2.75, 3.05) is 23.0 Å². The molecular formula is C10H13N5O5. The number of Topliss-reactive ketones (excluding diaryl/α,β-unsaturated/α-hetero) is 1. The quantitative estimate of drug-likeness (QED) is 0.319. The number of nitrogens with zero attached hydrogens (tertiary/aromatic N) is 1. The Kier molecular flexibility index (Phi) is 2.85. The fourth-order valence-electron chi connectivity index (χ4n) is 2.28. The number of aliphatic hydroxyl groups excluding tert-OH is 2. The standard InChI is InChI=1S/C10H13N5O5/c11-10-14-7-4(8(19)15-10)12-3-6(18)5(17)2(1-16)20-9(3)13-7/h2-3,5,9,12,16-17H,1H2,(H4,11,13,14,15,19). The molecule has 1 saturated heterocycles. The fraction of sp³-hybridized carbons (Fsp3) is 0.500. The lowest BCUT2D eigenvalue weighted by Gasteiger charge is -2.41. The number of aliphatic hydroxyl groups is 2.